The van der Waals surface area contributed by atoms with Crippen LogP contribution in [0.1, 0.15) is 51.1 Å². The fourth-order valence-corrected chi connectivity index (χ4v) is 4.03. The van der Waals surface area contributed by atoms with Gasteiger partial charge in [0.1, 0.15) is 0 Å². The Labute approximate surface area is 132 Å². The Morgan fingerprint density at radius 3 is 2.76 bits per heavy atom. The van der Waals surface area contributed by atoms with Crippen LogP contribution >= 0.6 is 11.3 Å². The summed E-state index contributed by atoms with van der Waals surface area (Å²) in [6, 6.07) is 0. The topological polar surface area (TPSA) is 37.4 Å². The molecule has 0 aromatic carbocycles. The lowest BCUT2D eigenvalue weighted by Crippen LogP contribution is -2.38. The van der Waals surface area contributed by atoms with E-state index in [4.69, 9.17) is 9.72 Å². The van der Waals surface area contributed by atoms with Gasteiger partial charge in [-0.1, -0.05) is 13.8 Å². The number of nitrogens with zero attached hydrogens (tertiary/aromatic N) is 2. The van der Waals surface area contributed by atoms with Crippen LogP contribution in [0, 0.1) is 5.92 Å². The van der Waals surface area contributed by atoms with E-state index in [1.807, 2.05) is 11.3 Å². The highest BCUT2D eigenvalue weighted by Crippen LogP contribution is 2.37. The molecule has 2 heterocycles. The quantitative estimate of drug-likeness (QED) is 0.837. The third-order valence-corrected chi connectivity index (χ3v) is 5.14. The zero-order chi connectivity index (χ0) is 15.5. The standard InChI is InChI=1S/C16H29N3OS/c1-12(2)9-17-10-14-13(11-20-5)18-15(21-14)19-8-6-7-16(19,3)4/h12,17H,6-11H2,1-5H3. The van der Waals surface area contributed by atoms with E-state index in [2.05, 4.69) is 37.9 Å². The Morgan fingerprint density at radius 1 is 1.43 bits per heavy atom. The molecule has 0 saturated carbocycles. The van der Waals surface area contributed by atoms with Crippen LogP contribution in [0.5, 0.6) is 0 Å². The number of nitrogens with one attached hydrogen (secondary N) is 1. The van der Waals surface area contributed by atoms with Crippen LogP contribution in [0.4, 0.5) is 5.13 Å². The van der Waals surface area contributed by atoms with Crippen molar-refractivity contribution in [3.63, 3.8) is 0 Å². The van der Waals surface area contributed by atoms with Crippen LogP contribution < -0.4 is 10.2 Å². The lowest BCUT2D eigenvalue weighted by molar-refractivity contribution is 0.181. The highest BCUT2D eigenvalue weighted by molar-refractivity contribution is 7.15. The zero-order valence-electron chi connectivity index (χ0n) is 14.0. The second kappa shape index (κ2) is 7.07. The molecule has 4 nitrogen and oxygen atoms in total. The average molecular weight is 311 g/mol. The number of hydrogen-bond acceptors (Lipinski definition) is 5. The van der Waals surface area contributed by atoms with Crippen LogP contribution in [-0.4, -0.2) is 30.7 Å². The van der Waals surface area contributed by atoms with Crippen LogP contribution in [0.15, 0.2) is 0 Å². The smallest absolute Gasteiger partial charge is 0.186 e. The summed E-state index contributed by atoms with van der Waals surface area (Å²) in [5.41, 5.74) is 1.32. The summed E-state index contributed by atoms with van der Waals surface area (Å²) in [6.45, 7) is 12.7. The summed E-state index contributed by atoms with van der Waals surface area (Å²) < 4.78 is 5.32. The summed E-state index contributed by atoms with van der Waals surface area (Å²) in [5.74, 6) is 0.667. The Morgan fingerprint density at radius 2 is 2.19 bits per heavy atom. The van der Waals surface area contributed by atoms with Gasteiger partial charge in [-0.3, -0.25) is 0 Å². The molecule has 2 rings (SSSR count). The van der Waals surface area contributed by atoms with Gasteiger partial charge in [0.05, 0.1) is 12.3 Å². The molecule has 0 unspecified atom stereocenters. The number of thiazole rings is 1. The third-order valence-electron chi connectivity index (χ3n) is 4.02. The Bertz CT molecular complexity index is 456. The molecule has 1 aliphatic rings. The van der Waals surface area contributed by atoms with E-state index in [-0.39, 0.29) is 5.54 Å². The molecule has 5 heteroatoms. The van der Waals surface area contributed by atoms with Crippen molar-refractivity contribution in [3.05, 3.63) is 10.6 Å². The summed E-state index contributed by atoms with van der Waals surface area (Å²) >= 11 is 1.82. The summed E-state index contributed by atoms with van der Waals surface area (Å²) in [7, 11) is 1.74. The molecule has 0 bridgehead atoms. The van der Waals surface area contributed by atoms with Crippen LogP contribution in [-0.2, 0) is 17.9 Å². The van der Waals surface area contributed by atoms with E-state index >= 15 is 0 Å². The average Bonchev–Trinajstić information content (AvgIpc) is 2.93. The zero-order valence-corrected chi connectivity index (χ0v) is 14.8. The van der Waals surface area contributed by atoms with Gasteiger partial charge in [0.15, 0.2) is 5.13 Å². The first-order valence-corrected chi connectivity index (χ1v) is 8.71. The van der Waals surface area contributed by atoms with E-state index in [0.29, 0.717) is 12.5 Å². The number of ether oxygens (including phenoxy) is 1. The molecule has 0 atom stereocenters. The molecule has 1 N–H and O–H groups in total. The molecule has 1 aromatic heterocycles. The number of rotatable bonds is 7. The van der Waals surface area contributed by atoms with E-state index in [1.165, 1.54) is 17.7 Å². The predicted octanol–water partition coefficient (Wildman–Crippen LogP) is 3.41. The Kier molecular flexibility index (Phi) is 5.63. The lowest BCUT2D eigenvalue weighted by atomic mass is 10.0. The number of methoxy groups -OCH3 is 1. The third kappa shape index (κ3) is 4.18. The highest BCUT2D eigenvalue weighted by Gasteiger charge is 2.34. The number of anilines is 1. The second-order valence-electron chi connectivity index (χ2n) is 6.89. The maximum atomic E-state index is 5.32. The van der Waals surface area contributed by atoms with Crippen molar-refractivity contribution < 1.29 is 4.74 Å². The molecule has 0 amide bonds. The van der Waals surface area contributed by atoms with Crippen molar-refractivity contribution in [2.24, 2.45) is 5.92 Å². The Hall–Kier alpha value is -0.650. The van der Waals surface area contributed by atoms with Gasteiger partial charge in [0.25, 0.3) is 0 Å². The van der Waals surface area contributed by atoms with E-state index < -0.39 is 0 Å². The van der Waals surface area contributed by atoms with Gasteiger partial charge in [0.2, 0.25) is 0 Å². The minimum atomic E-state index is 0.227. The van der Waals surface area contributed by atoms with Crippen molar-refractivity contribution in [2.45, 2.75) is 59.2 Å². The van der Waals surface area contributed by atoms with Crippen molar-refractivity contribution >= 4 is 16.5 Å². The molecule has 1 saturated heterocycles. The molecule has 1 fully saturated rings. The molecule has 120 valence electrons. The maximum Gasteiger partial charge on any atom is 0.186 e. The van der Waals surface area contributed by atoms with E-state index in [9.17, 15) is 0 Å². The molecule has 0 spiro atoms. The van der Waals surface area contributed by atoms with Gasteiger partial charge in [-0.05, 0) is 39.2 Å². The minimum Gasteiger partial charge on any atom is -0.378 e. The first kappa shape index (κ1) is 16.7. The van der Waals surface area contributed by atoms with E-state index in [0.717, 1.165) is 30.5 Å². The first-order valence-electron chi connectivity index (χ1n) is 7.90. The number of hydrogen-bond donors (Lipinski definition) is 1. The lowest BCUT2D eigenvalue weighted by Gasteiger charge is -2.31. The normalized spacial score (nSPS) is 17.9. The Balaban J connectivity index is 2.12. The number of aromatic nitrogens is 1. The monoisotopic (exact) mass is 311 g/mol. The maximum absolute atomic E-state index is 5.32. The molecular weight excluding hydrogens is 282 g/mol. The molecular formula is C16H29N3OS. The molecule has 1 aliphatic heterocycles. The van der Waals surface area contributed by atoms with Crippen LogP contribution in [0.25, 0.3) is 0 Å². The largest absolute Gasteiger partial charge is 0.378 e. The molecule has 0 aliphatic carbocycles. The SMILES string of the molecule is COCc1nc(N2CCCC2(C)C)sc1CNCC(C)C. The van der Waals surface area contributed by atoms with Gasteiger partial charge in [0, 0.05) is 30.6 Å². The van der Waals surface area contributed by atoms with Crippen molar-refractivity contribution in [1.82, 2.24) is 10.3 Å². The van der Waals surface area contributed by atoms with Crippen molar-refractivity contribution in [2.75, 3.05) is 25.1 Å². The first-order chi connectivity index (χ1) is 9.94. The van der Waals surface area contributed by atoms with Gasteiger partial charge >= 0.3 is 0 Å². The van der Waals surface area contributed by atoms with Crippen LogP contribution in [0.2, 0.25) is 0 Å². The van der Waals surface area contributed by atoms with E-state index in [1.54, 1.807) is 7.11 Å². The molecule has 0 radical (unpaired) electrons. The predicted molar refractivity (Wildman–Crippen MR) is 90.0 cm³/mol. The molecule has 1 aromatic rings. The summed E-state index contributed by atoms with van der Waals surface area (Å²) in [6.07, 6.45) is 2.50. The van der Waals surface area contributed by atoms with Gasteiger partial charge in [-0.15, -0.1) is 11.3 Å². The van der Waals surface area contributed by atoms with Crippen molar-refractivity contribution in [1.29, 1.82) is 0 Å². The van der Waals surface area contributed by atoms with Crippen LogP contribution in [0.3, 0.4) is 0 Å². The second-order valence-corrected chi connectivity index (χ2v) is 7.95. The van der Waals surface area contributed by atoms with Gasteiger partial charge < -0.3 is 15.0 Å². The molecule has 21 heavy (non-hydrogen) atoms. The highest BCUT2D eigenvalue weighted by atomic mass is 32.1. The fourth-order valence-electron chi connectivity index (χ4n) is 2.81. The van der Waals surface area contributed by atoms with Gasteiger partial charge in [-0.2, -0.15) is 0 Å². The summed E-state index contributed by atoms with van der Waals surface area (Å²) in [4.78, 5) is 8.63. The summed E-state index contributed by atoms with van der Waals surface area (Å²) in [5, 5.41) is 4.68. The van der Waals surface area contributed by atoms with Gasteiger partial charge in [-0.25, -0.2) is 4.98 Å². The minimum absolute atomic E-state index is 0.227. The fraction of sp³-hybridized carbons (Fsp3) is 0.812. The van der Waals surface area contributed by atoms with Crippen molar-refractivity contribution in [3.8, 4) is 0 Å².